The lowest BCUT2D eigenvalue weighted by Crippen LogP contribution is -2.03. The minimum absolute atomic E-state index is 0.0354. The lowest BCUT2D eigenvalue weighted by Gasteiger charge is -2.01. The number of rotatable bonds is 4. The Labute approximate surface area is 120 Å². The average molecular weight is 342 g/mol. The maximum atomic E-state index is 10.7. The van der Waals surface area contributed by atoms with Gasteiger partial charge in [-0.15, -0.1) is 0 Å². The summed E-state index contributed by atoms with van der Waals surface area (Å²) < 4.78 is 1.61. The molecule has 2 N–H and O–H groups in total. The predicted molar refractivity (Wildman–Crippen MR) is 73.2 cm³/mol. The monoisotopic (exact) mass is 341 g/mol. The molecule has 0 radical (unpaired) electrons. The number of hydrogen-bond acceptors (Lipinski definition) is 6. The van der Waals surface area contributed by atoms with E-state index >= 15 is 0 Å². The summed E-state index contributed by atoms with van der Waals surface area (Å²) >= 11 is 3.04. The van der Waals surface area contributed by atoms with E-state index in [0.717, 1.165) is 0 Å². The molecule has 1 aromatic heterocycles. The molecule has 0 aliphatic heterocycles. The Morgan fingerprint density at radius 2 is 2.00 bits per heavy atom. The first kappa shape index (κ1) is 13.9. The summed E-state index contributed by atoms with van der Waals surface area (Å²) in [5.74, 6) is -0.292. The molecule has 0 aliphatic carbocycles. The van der Waals surface area contributed by atoms with Gasteiger partial charge in [0.1, 0.15) is 10.2 Å². The second-order valence-corrected chi connectivity index (χ2v) is 4.76. The number of nitro groups is 2. The van der Waals surface area contributed by atoms with Crippen LogP contribution in [-0.4, -0.2) is 19.6 Å². The molecule has 0 unspecified atom stereocenters. The largest absolute Gasteiger partial charge is 0.404 e. The summed E-state index contributed by atoms with van der Waals surface area (Å²) in [4.78, 5) is 20.1. The molecule has 0 amide bonds. The number of anilines is 1. The Bertz CT molecular complexity index is 699. The van der Waals surface area contributed by atoms with Crippen molar-refractivity contribution in [1.82, 2.24) is 9.78 Å². The van der Waals surface area contributed by atoms with E-state index in [2.05, 4.69) is 21.0 Å². The lowest BCUT2D eigenvalue weighted by atomic mass is 10.2. The van der Waals surface area contributed by atoms with Crippen molar-refractivity contribution in [3.05, 3.63) is 54.7 Å². The van der Waals surface area contributed by atoms with E-state index in [1.165, 1.54) is 29.1 Å². The number of hydrogen-bond donors (Lipinski definition) is 1. The Balaban J connectivity index is 2.26. The van der Waals surface area contributed by atoms with Gasteiger partial charge in [-0.25, -0.2) is 0 Å². The third-order valence-electron chi connectivity index (χ3n) is 2.51. The molecule has 0 bridgehead atoms. The summed E-state index contributed by atoms with van der Waals surface area (Å²) in [7, 11) is 0. The van der Waals surface area contributed by atoms with E-state index in [-0.39, 0.29) is 28.2 Å². The molecule has 20 heavy (non-hydrogen) atoms. The minimum atomic E-state index is -0.606. The van der Waals surface area contributed by atoms with Crippen LogP contribution in [0.25, 0.3) is 0 Å². The maximum absolute atomic E-state index is 10.7. The van der Waals surface area contributed by atoms with Crippen molar-refractivity contribution in [3.8, 4) is 0 Å². The van der Waals surface area contributed by atoms with Crippen LogP contribution in [-0.2, 0) is 6.54 Å². The van der Waals surface area contributed by atoms with E-state index < -0.39 is 9.85 Å². The quantitative estimate of drug-likeness (QED) is 0.514. The first-order chi connectivity index (χ1) is 9.38. The van der Waals surface area contributed by atoms with Crippen molar-refractivity contribution >= 4 is 33.1 Å². The molecule has 2 aromatic rings. The highest BCUT2D eigenvalue weighted by molar-refractivity contribution is 9.10. The molecule has 0 aliphatic rings. The fourth-order valence-corrected chi connectivity index (χ4v) is 2.11. The topological polar surface area (TPSA) is 130 Å². The highest BCUT2D eigenvalue weighted by atomic mass is 79.9. The number of nitrogens with two attached hydrogens (primary N) is 1. The fraction of sp³-hybridized carbons (Fsp3) is 0.100. The van der Waals surface area contributed by atoms with Gasteiger partial charge in [0.05, 0.1) is 22.8 Å². The summed E-state index contributed by atoms with van der Waals surface area (Å²) in [6.07, 6.45) is 1.45. The van der Waals surface area contributed by atoms with Gasteiger partial charge in [0.15, 0.2) is 0 Å². The zero-order chi connectivity index (χ0) is 14.9. The molecule has 10 heteroatoms. The molecule has 0 saturated heterocycles. The van der Waals surface area contributed by atoms with Crippen molar-refractivity contribution in [2.45, 2.75) is 6.54 Å². The number of halogens is 1. The molecular formula is C10H8BrN5O4. The predicted octanol–water partition coefficient (Wildman–Crippen LogP) is 2.09. The highest BCUT2D eigenvalue weighted by Gasteiger charge is 2.19. The summed E-state index contributed by atoms with van der Waals surface area (Å²) in [5.41, 5.74) is 6.08. The molecular weight excluding hydrogens is 334 g/mol. The maximum Gasteiger partial charge on any atom is 0.404 e. The van der Waals surface area contributed by atoms with Crippen LogP contribution in [0, 0.1) is 20.2 Å². The van der Waals surface area contributed by atoms with Gasteiger partial charge in [0, 0.05) is 6.07 Å². The van der Waals surface area contributed by atoms with Crippen LogP contribution in [0.5, 0.6) is 0 Å². The zero-order valence-electron chi connectivity index (χ0n) is 9.89. The van der Waals surface area contributed by atoms with Gasteiger partial charge in [-0.05, 0) is 32.5 Å². The molecule has 2 rings (SSSR count). The van der Waals surface area contributed by atoms with Crippen molar-refractivity contribution in [3.63, 3.8) is 0 Å². The number of nitrogen functional groups attached to an aromatic ring is 1. The van der Waals surface area contributed by atoms with Gasteiger partial charge in [-0.1, -0.05) is 6.07 Å². The Hall–Kier alpha value is -2.49. The van der Waals surface area contributed by atoms with Gasteiger partial charge in [0.2, 0.25) is 0 Å². The van der Waals surface area contributed by atoms with E-state index in [1.54, 1.807) is 0 Å². The van der Waals surface area contributed by atoms with Crippen LogP contribution in [0.15, 0.2) is 28.9 Å². The van der Waals surface area contributed by atoms with E-state index in [9.17, 15) is 20.2 Å². The lowest BCUT2D eigenvalue weighted by molar-refractivity contribution is -0.390. The average Bonchev–Trinajstić information content (AvgIpc) is 2.70. The minimum Gasteiger partial charge on any atom is -0.393 e. The molecule has 0 saturated carbocycles. The molecule has 9 nitrogen and oxygen atoms in total. The van der Waals surface area contributed by atoms with Crippen molar-refractivity contribution in [1.29, 1.82) is 0 Å². The highest BCUT2D eigenvalue weighted by Crippen LogP contribution is 2.25. The third-order valence-corrected chi connectivity index (χ3v) is 3.06. The van der Waals surface area contributed by atoms with Crippen LogP contribution in [0.4, 0.5) is 17.2 Å². The molecule has 1 heterocycles. The van der Waals surface area contributed by atoms with Crippen LogP contribution in [0.2, 0.25) is 0 Å². The first-order valence-corrected chi connectivity index (χ1v) is 6.08. The number of nitro benzene ring substituents is 1. The van der Waals surface area contributed by atoms with Gasteiger partial charge in [0.25, 0.3) is 5.69 Å². The summed E-state index contributed by atoms with van der Waals surface area (Å²) in [5, 5.41) is 25.1. The van der Waals surface area contributed by atoms with Crippen LogP contribution < -0.4 is 5.73 Å². The van der Waals surface area contributed by atoms with Crippen molar-refractivity contribution in [2.75, 3.05) is 5.73 Å². The van der Waals surface area contributed by atoms with Crippen LogP contribution >= 0.6 is 15.9 Å². The second kappa shape index (κ2) is 5.25. The third kappa shape index (κ3) is 2.74. The number of aromatic nitrogens is 2. The first-order valence-electron chi connectivity index (χ1n) is 5.28. The van der Waals surface area contributed by atoms with E-state index in [4.69, 9.17) is 5.73 Å². The van der Waals surface area contributed by atoms with E-state index in [0.29, 0.717) is 5.56 Å². The molecule has 0 fully saturated rings. The van der Waals surface area contributed by atoms with Gasteiger partial charge in [-0.2, -0.15) is 4.68 Å². The van der Waals surface area contributed by atoms with Crippen molar-refractivity contribution in [2.24, 2.45) is 0 Å². The Morgan fingerprint density at radius 3 is 2.50 bits per heavy atom. The normalized spacial score (nSPS) is 10.4. The summed E-state index contributed by atoms with van der Waals surface area (Å²) in [6, 6.07) is 4.26. The van der Waals surface area contributed by atoms with Gasteiger partial charge >= 0.3 is 5.82 Å². The molecule has 0 spiro atoms. The fourth-order valence-electron chi connectivity index (χ4n) is 1.65. The zero-order valence-corrected chi connectivity index (χ0v) is 11.5. The van der Waals surface area contributed by atoms with Crippen LogP contribution in [0.1, 0.15) is 5.56 Å². The number of benzene rings is 1. The van der Waals surface area contributed by atoms with E-state index in [1.807, 2.05) is 0 Å². The standard InChI is InChI=1S/C10H8BrN5O4/c11-7-5-14(13-10(7)16(19)20)4-6-1-2-9(15(17)18)8(12)3-6/h1-3,5H,4,12H2. The number of nitrogens with zero attached hydrogens (tertiary/aromatic N) is 4. The second-order valence-electron chi connectivity index (χ2n) is 3.91. The smallest absolute Gasteiger partial charge is 0.393 e. The molecule has 1 aromatic carbocycles. The summed E-state index contributed by atoms with van der Waals surface area (Å²) in [6.45, 7) is 0.217. The van der Waals surface area contributed by atoms with Gasteiger partial charge in [-0.3, -0.25) is 10.1 Å². The van der Waals surface area contributed by atoms with Crippen molar-refractivity contribution < 1.29 is 9.85 Å². The molecule has 104 valence electrons. The van der Waals surface area contributed by atoms with Crippen LogP contribution in [0.3, 0.4) is 0 Å². The Kier molecular flexibility index (Phi) is 3.66. The molecule has 0 atom stereocenters. The Morgan fingerprint density at radius 1 is 1.30 bits per heavy atom. The SMILES string of the molecule is Nc1cc(Cn2cc(Br)c([N+](=O)[O-])n2)ccc1[N+](=O)[O-]. The van der Waals surface area contributed by atoms with Gasteiger partial charge < -0.3 is 15.8 Å².